The van der Waals surface area contributed by atoms with Crippen molar-refractivity contribution in [3.63, 3.8) is 0 Å². The van der Waals surface area contributed by atoms with Crippen LogP contribution in [0.5, 0.6) is 0 Å². The Bertz CT molecular complexity index is 441. The second kappa shape index (κ2) is 4.06. The van der Waals surface area contributed by atoms with E-state index in [1.807, 2.05) is 25.2 Å². The predicted molar refractivity (Wildman–Crippen MR) is 62.6 cm³/mol. The number of hydrogen-bond acceptors (Lipinski definition) is 4. The van der Waals surface area contributed by atoms with Crippen LogP contribution in [0.2, 0.25) is 0 Å². The third-order valence-corrected chi connectivity index (χ3v) is 3.32. The Balaban J connectivity index is 2.41. The molecule has 0 aromatic carbocycles. The molecule has 0 radical (unpaired) electrons. The quantitative estimate of drug-likeness (QED) is 0.911. The van der Waals surface area contributed by atoms with Gasteiger partial charge in [-0.25, -0.2) is 9.97 Å². The molecule has 0 saturated heterocycles. The Hall–Kier alpha value is -0.940. The van der Waals surface area contributed by atoms with Crippen LogP contribution in [0.3, 0.4) is 0 Å². The maximum atomic E-state index is 4.34. The van der Waals surface area contributed by atoms with E-state index in [1.54, 1.807) is 17.5 Å². The zero-order chi connectivity index (χ0) is 9.97. The summed E-state index contributed by atoms with van der Waals surface area (Å²) in [7, 11) is 1.84. The fourth-order valence-corrected chi connectivity index (χ4v) is 2.38. The van der Waals surface area contributed by atoms with Gasteiger partial charge in [0, 0.05) is 13.2 Å². The van der Waals surface area contributed by atoms with Gasteiger partial charge in [0.1, 0.15) is 5.82 Å². The first-order valence-electron chi connectivity index (χ1n) is 4.06. The summed E-state index contributed by atoms with van der Waals surface area (Å²) in [5.41, 5.74) is 0. The van der Waals surface area contributed by atoms with Crippen molar-refractivity contribution in [3.8, 4) is 10.7 Å². The minimum Gasteiger partial charge on any atom is -0.373 e. The lowest BCUT2D eigenvalue weighted by molar-refractivity contribution is 1.18. The number of rotatable bonds is 2. The zero-order valence-corrected chi connectivity index (χ0v) is 9.89. The van der Waals surface area contributed by atoms with Gasteiger partial charge in [0.2, 0.25) is 0 Å². The van der Waals surface area contributed by atoms with Crippen molar-refractivity contribution in [2.24, 2.45) is 0 Å². The average Bonchev–Trinajstić information content (AvgIpc) is 2.65. The summed E-state index contributed by atoms with van der Waals surface area (Å²) < 4.78 is 1.09. The number of thiophene rings is 1. The van der Waals surface area contributed by atoms with Crippen LogP contribution in [0.4, 0.5) is 5.82 Å². The number of anilines is 1. The fraction of sp³-hybridized carbons (Fsp3) is 0.111. The highest BCUT2D eigenvalue weighted by molar-refractivity contribution is 9.11. The van der Waals surface area contributed by atoms with E-state index in [0.29, 0.717) is 0 Å². The van der Waals surface area contributed by atoms with E-state index >= 15 is 0 Å². The highest BCUT2D eigenvalue weighted by Gasteiger charge is 2.04. The summed E-state index contributed by atoms with van der Waals surface area (Å²) in [5, 5.41) is 2.99. The van der Waals surface area contributed by atoms with E-state index in [0.717, 1.165) is 20.3 Å². The molecule has 2 aromatic heterocycles. The van der Waals surface area contributed by atoms with E-state index < -0.39 is 0 Å². The standard InChI is InChI=1S/C9H8BrN3S/c1-11-8-4-5-12-9(13-8)6-2-3-7(10)14-6/h2-5H,1H3,(H,11,12,13). The second-order valence-corrected chi connectivity index (χ2v) is 5.08. The monoisotopic (exact) mass is 269 g/mol. The maximum absolute atomic E-state index is 4.34. The molecule has 0 atom stereocenters. The molecule has 0 aliphatic heterocycles. The van der Waals surface area contributed by atoms with Crippen LogP contribution in [0, 0.1) is 0 Å². The Morgan fingerprint density at radius 2 is 2.21 bits per heavy atom. The molecule has 3 nitrogen and oxygen atoms in total. The third-order valence-electron chi connectivity index (χ3n) is 1.71. The normalized spacial score (nSPS) is 10.1. The first-order valence-corrected chi connectivity index (χ1v) is 5.67. The fourth-order valence-electron chi connectivity index (χ4n) is 1.05. The molecule has 0 saturated carbocycles. The summed E-state index contributed by atoms with van der Waals surface area (Å²) >= 11 is 5.04. The largest absolute Gasteiger partial charge is 0.373 e. The Labute approximate surface area is 94.4 Å². The molecule has 72 valence electrons. The van der Waals surface area contributed by atoms with Crippen molar-refractivity contribution in [1.82, 2.24) is 9.97 Å². The van der Waals surface area contributed by atoms with Crippen LogP contribution >= 0.6 is 27.3 Å². The Kier molecular flexibility index (Phi) is 2.79. The number of hydrogen-bond donors (Lipinski definition) is 1. The molecular weight excluding hydrogens is 262 g/mol. The molecule has 2 heterocycles. The number of aromatic nitrogens is 2. The van der Waals surface area contributed by atoms with Crippen molar-refractivity contribution in [1.29, 1.82) is 0 Å². The SMILES string of the molecule is CNc1ccnc(-c2ccc(Br)s2)n1. The van der Waals surface area contributed by atoms with Crippen molar-refractivity contribution >= 4 is 33.1 Å². The minimum absolute atomic E-state index is 0.757. The second-order valence-electron chi connectivity index (χ2n) is 2.62. The number of halogens is 1. The Morgan fingerprint density at radius 1 is 1.36 bits per heavy atom. The lowest BCUT2D eigenvalue weighted by Crippen LogP contribution is -1.94. The van der Waals surface area contributed by atoms with E-state index in [1.165, 1.54) is 0 Å². The highest BCUT2D eigenvalue weighted by atomic mass is 79.9. The van der Waals surface area contributed by atoms with Crippen molar-refractivity contribution in [2.75, 3.05) is 12.4 Å². The average molecular weight is 270 g/mol. The van der Waals surface area contributed by atoms with Crippen LogP contribution in [-0.4, -0.2) is 17.0 Å². The minimum atomic E-state index is 0.757. The molecule has 0 fully saturated rings. The van der Waals surface area contributed by atoms with Gasteiger partial charge in [-0.1, -0.05) is 0 Å². The number of nitrogens with zero attached hydrogens (tertiary/aromatic N) is 2. The molecule has 1 N–H and O–H groups in total. The molecule has 0 bridgehead atoms. The van der Waals surface area contributed by atoms with Gasteiger partial charge in [-0.2, -0.15) is 0 Å². The van der Waals surface area contributed by atoms with Crippen LogP contribution in [0.1, 0.15) is 0 Å². The lowest BCUT2D eigenvalue weighted by Gasteiger charge is -1.99. The first-order chi connectivity index (χ1) is 6.79. The molecule has 14 heavy (non-hydrogen) atoms. The van der Waals surface area contributed by atoms with Gasteiger partial charge in [-0.05, 0) is 34.1 Å². The molecule has 2 aromatic rings. The van der Waals surface area contributed by atoms with Crippen LogP contribution in [0.15, 0.2) is 28.2 Å². The van der Waals surface area contributed by atoms with Crippen LogP contribution in [0.25, 0.3) is 10.7 Å². The predicted octanol–water partition coefficient (Wildman–Crippen LogP) is 3.01. The number of nitrogens with one attached hydrogen (secondary N) is 1. The van der Waals surface area contributed by atoms with E-state index in [2.05, 4.69) is 31.2 Å². The first kappa shape index (κ1) is 9.61. The smallest absolute Gasteiger partial charge is 0.171 e. The summed E-state index contributed by atoms with van der Waals surface area (Å²) in [6.45, 7) is 0. The molecular formula is C9H8BrN3S. The summed E-state index contributed by atoms with van der Waals surface area (Å²) in [5.74, 6) is 1.59. The van der Waals surface area contributed by atoms with Gasteiger partial charge < -0.3 is 5.32 Å². The van der Waals surface area contributed by atoms with E-state index in [4.69, 9.17) is 0 Å². The molecule has 5 heteroatoms. The molecule has 2 rings (SSSR count). The molecule has 0 spiro atoms. The molecule has 0 aliphatic rings. The Morgan fingerprint density at radius 3 is 2.86 bits per heavy atom. The zero-order valence-electron chi connectivity index (χ0n) is 7.49. The van der Waals surface area contributed by atoms with E-state index in [-0.39, 0.29) is 0 Å². The van der Waals surface area contributed by atoms with E-state index in [9.17, 15) is 0 Å². The van der Waals surface area contributed by atoms with Gasteiger partial charge in [0.25, 0.3) is 0 Å². The van der Waals surface area contributed by atoms with Gasteiger partial charge >= 0.3 is 0 Å². The van der Waals surface area contributed by atoms with Gasteiger partial charge in [-0.15, -0.1) is 11.3 Å². The van der Waals surface area contributed by atoms with Crippen molar-refractivity contribution in [3.05, 3.63) is 28.2 Å². The molecule has 0 unspecified atom stereocenters. The molecule has 0 aliphatic carbocycles. The topological polar surface area (TPSA) is 37.8 Å². The summed E-state index contributed by atoms with van der Waals surface area (Å²) in [4.78, 5) is 9.62. The summed E-state index contributed by atoms with van der Waals surface area (Å²) in [6.07, 6.45) is 1.75. The van der Waals surface area contributed by atoms with Crippen LogP contribution < -0.4 is 5.32 Å². The summed E-state index contributed by atoms with van der Waals surface area (Å²) in [6, 6.07) is 5.84. The van der Waals surface area contributed by atoms with Gasteiger partial charge in [0.15, 0.2) is 5.82 Å². The van der Waals surface area contributed by atoms with Crippen molar-refractivity contribution in [2.45, 2.75) is 0 Å². The highest BCUT2D eigenvalue weighted by Crippen LogP contribution is 2.29. The van der Waals surface area contributed by atoms with Gasteiger partial charge in [-0.3, -0.25) is 0 Å². The van der Waals surface area contributed by atoms with Gasteiger partial charge in [0.05, 0.1) is 8.66 Å². The third kappa shape index (κ3) is 1.93. The maximum Gasteiger partial charge on any atom is 0.171 e. The molecule has 0 amide bonds. The van der Waals surface area contributed by atoms with Crippen molar-refractivity contribution < 1.29 is 0 Å². The lowest BCUT2D eigenvalue weighted by atomic mass is 10.4. The van der Waals surface area contributed by atoms with Crippen LogP contribution in [-0.2, 0) is 0 Å².